The Morgan fingerprint density at radius 1 is 1.25 bits per heavy atom. The molecule has 3 aromatic rings. The number of para-hydroxylation sites is 1. The van der Waals surface area contributed by atoms with Crippen LogP contribution in [0.15, 0.2) is 53.8 Å². The van der Waals surface area contributed by atoms with Crippen molar-refractivity contribution in [1.29, 1.82) is 0 Å². The molecule has 3 N–H and O–H groups in total. The SMILES string of the molecule is CCNC(=NCc1cc2ccccc2[nH]1)NCCCn1cccn1. The van der Waals surface area contributed by atoms with E-state index in [1.165, 1.54) is 5.39 Å². The zero-order valence-corrected chi connectivity index (χ0v) is 14.0. The van der Waals surface area contributed by atoms with Gasteiger partial charge in [0.05, 0.1) is 6.54 Å². The molecule has 0 aliphatic carbocycles. The van der Waals surface area contributed by atoms with Crippen molar-refractivity contribution in [2.24, 2.45) is 4.99 Å². The summed E-state index contributed by atoms with van der Waals surface area (Å²) in [7, 11) is 0. The quantitative estimate of drug-likeness (QED) is 0.355. The number of aliphatic imine (C=N–C) groups is 1. The van der Waals surface area contributed by atoms with Crippen LogP contribution in [0, 0.1) is 0 Å². The standard InChI is InChI=1S/C18H24N6/c1-2-19-18(20-9-5-11-24-12-6-10-22-24)21-14-16-13-15-7-3-4-8-17(15)23-16/h3-4,6-8,10,12-13,23H,2,5,9,11,14H2,1H3,(H2,19,20,21). The van der Waals surface area contributed by atoms with E-state index >= 15 is 0 Å². The maximum Gasteiger partial charge on any atom is 0.191 e. The summed E-state index contributed by atoms with van der Waals surface area (Å²) < 4.78 is 1.94. The topological polar surface area (TPSA) is 70.0 Å². The maximum absolute atomic E-state index is 4.65. The Morgan fingerprint density at radius 3 is 2.96 bits per heavy atom. The number of aromatic nitrogens is 3. The molecular weight excluding hydrogens is 300 g/mol. The molecule has 0 amide bonds. The summed E-state index contributed by atoms with van der Waals surface area (Å²) in [5.41, 5.74) is 2.27. The van der Waals surface area contributed by atoms with E-state index in [2.05, 4.69) is 56.9 Å². The van der Waals surface area contributed by atoms with Gasteiger partial charge in [-0.15, -0.1) is 0 Å². The van der Waals surface area contributed by atoms with Gasteiger partial charge in [0.25, 0.3) is 0 Å². The molecule has 126 valence electrons. The van der Waals surface area contributed by atoms with Crippen LogP contribution in [0.4, 0.5) is 0 Å². The molecule has 1 aromatic carbocycles. The zero-order valence-electron chi connectivity index (χ0n) is 14.0. The van der Waals surface area contributed by atoms with Crippen LogP contribution in [0.25, 0.3) is 10.9 Å². The van der Waals surface area contributed by atoms with E-state index < -0.39 is 0 Å². The first-order chi connectivity index (χ1) is 11.8. The number of hydrogen-bond acceptors (Lipinski definition) is 2. The summed E-state index contributed by atoms with van der Waals surface area (Å²) in [5, 5.41) is 12.1. The summed E-state index contributed by atoms with van der Waals surface area (Å²) in [6, 6.07) is 12.4. The Hall–Kier alpha value is -2.76. The van der Waals surface area contributed by atoms with Crippen molar-refractivity contribution in [2.45, 2.75) is 26.4 Å². The Bertz CT molecular complexity index is 739. The van der Waals surface area contributed by atoms with E-state index in [9.17, 15) is 0 Å². The fraction of sp³-hybridized carbons (Fsp3) is 0.333. The van der Waals surface area contributed by atoms with E-state index in [-0.39, 0.29) is 0 Å². The molecule has 0 atom stereocenters. The summed E-state index contributed by atoms with van der Waals surface area (Å²) in [6.45, 7) is 5.31. The maximum atomic E-state index is 4.65. The second-order valence-corrected chi connectivity index (χ2v) is 5.63. The Balaban J connectivity index is 1.52. The second-order valence-electron chi connectivity index (χ2n) is 5.63. The number of hydrogen-bond donors (Lipinski definition) is 3. The number of fused-ring (bicyclic) bond motifs is 1. The van der Waals surface area contributed by atoms with Gasteiger partial charge in [-0.3, -0.25) is 4.68 Å². The number of rotatable bonds is 7. The van der Waals surface area contributed by atoms with Crippen LogP contribution < -0.4 is 10.6 Å². The fourth-order valence-electron chi connectivity index (χ4n) is 2.61. The Kier molecular flexibility index (Phi) is 5.50. The van der Waals surface area contributed by atoms with Gasteiger partial charge in [0.15, 0.2) is 5.96 Å². The first kappa shape index (κ1) is 16.1. The number of aromatic amines is 1. The van der Waals surface area contributed by atoms with Crippen LogP contribution in [0.2, 0.25) is 0 Å². The summed E-state index contributed by atoms with van der Waals surface area (Å²) in [6.07, 6.45) is 4.78. The van der Waals surface area contributed by atoms with E-state index in [4.69, 9.17) is 0 Å². The monoisotopic (exact) mass is 324 g/mol. The molecule has 6 heteroatoms. The summed E-state index contributed by atoms with van der Waals surface area (Å²) in [5.74, 6) is 0.844. The highest BCUT2D eigenvalue weighted by Crippen LogP contribution is 2.14. The summed E-state index contributed by atoms with van der Waals surface area (Å²) in [4.78, 5) is 8.06. The number of nitrogens with one attached hydrogen (secondary N) is 3. The lowest BCUT2D eigenvalue weighted by molar-refractivity contribution is 0.570. The molecule has 0 saturated heterocycles. The van der Waals surface area contributed by atoms with Gasteiger partial charge in [-0.2, -0.15) is 5.10 Å². The minimum atomic E-state index is 0.628. The van der Waals surface area contributed by atoms with Gasteiger partial charge >= 0.3 is 0 Å². The van der Waals surface area contributed by atoms with Crippen molar-refractivity contribution < 1.29 is 0 Å². The molecule has 24 heavy (non-hydrogen) atoms. The largest absolute Gasteiger partial charge is 0.357 e. The number of H-pyrrole nitrogens is 1. The van der Waals surface area contributed by atoms with E-state index in [1.54, 1.807) is 6.20 Å². The average Bonchev–Trinajstić information content (AvgIpc) is 3.25. The number of aryl methyl sites for hydroxylation is 1. The summed E-state index contributed by atoms with van der Waals surface area (Å²) >= 11 is 0. The normalized spacial score (nSPS) is 11.8. The molecule has 0 fully saturated rings. The number of guanidine groups is 1. The van der Waals surface area contributed by atoms with Crippen LogP contribution >= 0.6 is 0 Å². The molecule has 3 rings (SSSR count). The molecule has 0 unspecified atom stereocenters. The highest BCUT2D eigenvalue weighted by molar-refractivity contribution is 5.81. The van der Waals surface area contributed by atoms with Gasteiger partial charge in [-0.05, 0) is 36.9 Å². The minimum absolute atomic E-state index is 0.628. The van der Waals surface area contributed by atoms with Crippen LogP contribution in [0.5, 0.6) is 0 Å². The zero-order chi connectivity index (χ0) is 16.6. The Labute approximate surface area is 142 Å². The van der Waals surface area contributed by atoms with Gasteiger partial charge in [0.1, 0.15) is 0 Å². The van der Waals surface area contributed by atoms with Gasteiger partial charge < -0.3 is 15.6 Å². The van der Waals surface area contributed by atoms with Crippen molar-refractivity contribution in [2.75, 3.05) is 13.1 Å². The van der Waals surface area contributed by atoms with E-state index in [0.717, 1.165) is 43.2 Å². The minimum Gasteiger partial charge on any atom is -0.357 e. The lowest BCUT2D eigenvalue weighted by Gasteiger charge is -2.11. The molecule has 0 aliphatic rings. The van der Waals surface area contributed by atoms with Crippen molar-refractivity contribution in [3.05, 3.63) is 54.5 Å². The van der Waals surface area contributed by atoms with E-state index in [0.29, 0.717) is 6.54 Å². The van der Waals surface area contributed by atoms with Gasteiger partial charge in [-0.1, -0.05) is 18.2 Å². The van der Waals surface area contributed by atoms with Crippen molar-refractivity contribution in [1.82, 2.24) is 25.4 Å². The number of nitrogens with zero attached hydrogens (tertiary/aromatic N) is 3. The predicted octanol–water partition coefficient (Wildman–Crippen LogP) is 2.51. The van der Waals surface area contributed by atoms with Crippen molar-refractivity contribution in [3.8, 4) is 0 Å². The third-order valence-corrected chi connectivity index (χ3v) is 3.75. The first-order valence-electron chi connectivity index (χ1n) is 8.41. The average molecular weight is 324 g/mol. The predicted molar refractivity (Wildman–Crippen MR) is 98.0 cm³/mol. The van der Waals surface area contributed by atoms with Crippen LogP contribution in [-0.2, 0) is 13.1 Å². The lowest BCUT2D eigenvalue weighted by Crippen LogP contribution is -2.38. The van der Waals surface area contributed by atoms with Crippen LogP contribution in [0.1, 0.15) is 19.0 Å². The molecular formula is C18H24N6. The number of benzene rings is 1. The Morgan fingerprint density at radius 2 is 2.17 bits per heavy atom. The fourth-order valence-corrected chi connectivity index (χ4v) is 2.61. The molecule has 6 nitrogen and oxygen atoms in total. The smallest absolute Gasteiger partial charge is 0.191 e. The molecule has 2 aromatic heterocycles. The van der Waals surface area contributed by atoms with E-state index in [1.807, 2.05) is 23.0 Å². The first-order valence-corrected chi connectivity index (χ1v) is 8.41. The molecule has 0 spiro atoms. The highest BCUT2D eigenvalue weighted by Gasteiger charge is 2.01. The van der Waals surface area contributed by atoms with Gasteiger partial charge in [0, 0.05) is 43.2 Å². The second kappa shape index (κ2) is 8.19. The third kappa shape index (κ3) is 4.38. The van der Waals surface area contributed by atoms with Gasteiger partial charge in [-0.25, -0.2) is 4.99 Å². The van der Waals surface area contributed by atoms with Crippen molar-refractivity contribution >= 4 is 16.9 Å². The lowest BCUT2D eigenvalue weighted by atomic mass is 10.2. The molecule has 0 saturated carbocycles. The third-order valence-electron chi connectivity index (χ3n) is 3.75. The molecule has 0 aliphatic heterocycles. The molecule has 2 heterocycles. The molecule has 0 radical (unpaired) electrons. The van der Waals surface area contributed by atoms with Crippen LogP contribution in [-0.4, -0.2) is 33.8 Å². The highest BCUT2D eigenvalue weighted by atomic mass is 15.3. The van der Waals surface area contributed by atoms with Crippen LogP contribution in [0.3, 0.4) is 0 Å². The molecule has 0 bridgehead atoms. The van der Waals surface area contributed by atoms with Gasteiger partial charge in [0.2, 0.25) is 0 Å². The van der Waals surface area contributed by atoms with Crippen molar-refractivity contribution in [3.63, 3.8) is 0 Å².